The van der Waals surface area contributed by atoms with Gasteiger partial charge in [0.25, 0.3) is 0 Å². The molecule has 3 N–H and O–H groups in total. The number of benzene rings is 2. The first-order chi connectivity index (χ1) is 18.2. The number of ether oxygens (including phenoxy) is 2. The summed E-state index contributed by atoms with van der Waals surface area (Å²) in [6.07, 6.45) is 2.56. The van der Waals surface area contributed by atoms with Crippen LogP contribution in [-0.4, -0.2) is 63.7 Å². The first-order valence-corrected chi connectivity index (χ1v) is 13.8. The number of hydrogen-bond donors (Lipinski definition) is 3. The van der Waals surface area contributed by atoms with Gasteiger partial charge in [0.15, 0.2) is 23.4 Å². The van der Waals surface area contributed by atoms with E-state index in [1.807, 2.05) is 26.0 Å². The summed E-state index contributed by atoms with van der Waals surface area (Å²) in [6, 6.07) is 10.4. The molecule has 3 aliphatic carbocycles. The van der Waals surface area contributed by atoms with Gasteiger partial charge < -0.3 is 25.0 Å². The quantitative estimate of drug-likeness (QED) is 0.504. The second kappa shape index (κ2) is 8.20. The highest BCUT2D eigenvalue weighted by molar-refractivity contribution is 6.10. The maximum absolute atomic E-state index is 14.0. The van der Waals surface area contributed by atoms with Crippen LogP contribution in [0.15, 0.2) is 36.4 Å². The number of nitrogens with zero attached hydrogens (tertiary/aromatic N) is 1. The lowest BCUT2D eigenvalue weighted by atomic mass is 9.47. The number of carbonyl (C=O) groups excluding carboxylic acids is 2. The summed E-state index contributed by atoms with van der Waals surface area (Å²) in [5, 5.41) is 26.3. The summed E-state index contributed by atoms with van der Waals surface area (Å²) in [5.41, 5.74) is 0.0300. The summed E-state index contributed by atoms with van der Waals surface area (Å²) in [5.74, 6) is -0.322. The summed E-state index contributed by atoms with van der Waals surface area (Å²) < 4.78 is 12.0. The Morgan fingerprint density at radius 3 is 2.84 bits per heavy atom. The number of Topliss-reactive ketones (excluding diaryl/α,β-unsaturated/α-hetero) is 1. The Bertz CT molecular complexity index is 1340. The van der Waals surface area contributed by atoms with Gasteiger partial charge in [0.1, 0.15) is 11.7 Å². The molecule has 5 aliphatic rings. The van der Waals surface area contributed by atoms with E-state index in [9.17, 15) is 19.8 Å². The number of carbonyl (C=O) groups is 2. The molecule has 5 atom stereocenters. The van der Waals surface area contributed by atoms with E-state index in [1.165, 1.54) is 12.8 Å². The van der Waals surface area contributed by atoms with E-state index in [1.54, 1.807) is 24.3 Å². The minimum atomic E-state index is -1.34. The molecule has 8 nitrogen and oxygen atoms in total. The van der Waals surface area contributed by atoms with Crippen LogP contribution in [0.25, 0.3) is 0 Å². The molecule has 2 bridgehead atoms. The molecule has 2 saturated carbocycles. The summed E-state index contributed by atoms with van der Waals surface area (Å²) in [6.45, 7) is 5.53. The monoisotopic (exact) mass is 518 g/mol. The number of phenolic OH excluding ortho intramolecular Hbond substituents is 1. The molecule has 7 rings (SSSR count). The highest BCUT2D eigenvalue weighted by Crippen LogP contribution is 2.65. The highest BCUT2D eigenvalue weighted by atomic mass is 16.5. The van der Waals surface area contributed by atoms with Crippen molar-refractivity contribution < 1.29 is 29.3 Å². The maximum atomic E-state index is 14.0. The number of hydrogen-bond acceptors (Lipinski definition) is 7. The van der Waals surface area contributed by atoms with E-state index in [-0.39, 0.29) is 30.1 Å². The van der Waals surface area contributed by atoms with Crippen LogP contribution in [0.1, 0.15) is 50.7 Å². The van der Waals surface area contributed by atoms with Crippen LogP contribution in [0.5, 0.6) is 17.2 Å². The first kappa shape index (κ1) is 24.0. The zero-order valence-electron chi connectivity index (χ0n) is 21.8. The van der Waals surface area contributed by atoms with Crippen molar-refractivity contribution >= 4 is 17.4 Å². The lowest BCUT2D eigenvalue weighted by Gasteiger charge is -2.63. The number of anilines is 1. The number of aliphatic hydroxyl groups is 1. The fraction of sp³-hybridized carbons (Fsp3) is 0.533. The summed E-state index contributed by atoms with van der Waals surface area (Å²) in [7, 11) is 0. The van der Waals surface area contributed by atoms with Crippen LogP contribution in [0, 0.1) is 11.8 Å². The zero-order valence-corrected chi connectivity index (χ0v) is 21.8. The van der Waals surface area contributed by atoms with Crippen molar-refractivity contribution in [1.82, 2.24) is 4.90 Å². The normalized spacial score (nSPS) is 33.1. The average Bonchev–Trinajstić information content (AvgIpc) is 3.60. The predicted molar refractivity (Wildman–Crippen MR) is 140 cm³/mol. The molecule has 38 heavy (non-hydrogen) atoms. The molecule has 1 saturated heterocycles. The SMILES string of the molecule is CC(C)Oc1cccc(NC(=O)C2C[C@@]3(O)[C@H]4Cc5ccc(O)c6c5[C@@]3(CCN4CC3CC3)[C@@H](O6)C2=O)c1. The van der Waals surface area contributed by atoms with Crippen LogP contribution < -0.4 is 14.8 Å². The van der Waals surface area contributed by atoms with Gasteiger partial charge >= 0.3 is 0 Å². The number of rotatable bonds is 6. The van der Waals surface area contributed by atoms with Crippen molar-refractivity contribution in [3.05, 3.63) is 47.5 Å². The number of nitrogens with one attached hydrogen (secondary N) is 1. The van der Waals surface area contributed by atoms with Gasteiger partial charge in [0.05, 0.1) is 17.1 Å². The van der Waals surface area contributed by atoms with Crippen molar-refractivity contribution in [3.63, 3.8) is 0 Å². The Hall–Kier alpha value is -3.10. The van der Waals surface area contributed by atoms with Gasteiger partial charge in [-0.2, -0.15) is 0 Å². The van der Waals surface area contributed by atoms with E-state index in [4.69, 9.17) is 9.47 Å². The van der Waals surface area contributed by atoms with Crippen LogP contribution in [0.4, 0.5) is 5.69 Å². The number of likely N-dealkylation sites (tertiary alicyclic amines) is 1. The molecule has 0 aromatic heterocycles. The van der Waals surface area contributed by atoms with E-state index in [0.717, 1.165) is 24.2 Å². The Kier molecular flexibility index (Phi) is 5.17. The van der Waals surface area contributed by atoms with Crippen LogP contribution >= 0.6 is 0 Å². The van der Waals surface area contributed by atoms with E-state index in [2.05, 4.69) is 10.2 Å². The third kappa shape index (κ3) is 3.29. The Morgan fingerprint density at radius 1 is 1.26 bits per heavy atom. The van der Waals surface area contributed by atoms with Crippen molar-refractivity contribution in [2.75, 3.05) is 18.4 Å². The van der Waals surface area contributed by atoms with E-state index >= 15 is 0 Å². The Labute approximate surface area is 221 Å². The van der Waals surface area contributed by atoms with Gasteiger partial charge in [-0.25, -0.2) is 0 Å². The van der Waals surface area contributed by atoms with Crippen molar-refractivity contribution in [3.8, 4) is 17.2 Å². The first-order valence-electron chi connectivity index (χ1n) is 13.8. The predicted octanol–water partition coefficient (Wildman–Crippen LogP) is 3.18. The van der Waals surface area contributed by atoms with Crippen LogP contribution in [0.3, 0.4) is 0 Å². The molecule has 3 fully saturated rings. The Balaban J connectivity index is 1.26. The second-order valence-electron chi connectivity index (χ2n) is 12.1. The maximum Gasteiger partial charge on any atom is 0.235 e. The average molecular weight is 519 g/mol. The van der Waals surface area contributed by atoms with Gasteiger partial charge in [-0.1, -0.05) is 12.1 Å². The molecule has 2 aromatic carbocycles. The van der Waals surface area contributed by atoms with Crippen LogP contribution in [0.2, 0.25) is 0 Å². The fourth-order valence-electron chi connectivity index (χ4n) is 7.67. The number of phenols is 1. The van der Waals surface area contributed by atoms with Gasteiger partial charge in [-0.3, -0.25) is 14.5 Å². The number of amides is 1. The molecule has 0 radical (unpaired) electrons. The van der Waals surface area contributed by atoms with Gasteiger partial charge in [0.2, 0.25) is 5.91 Å². The standard InChI is InChI=1S/C30H34N2O6/c1-16(2)37-20-5-3-4-19(13-20)31-28(35)21-14-30(36)23-12-18-8-9-22(33)26-24(18)29(30,27(38-26)25(21)34)10-11-32(23)15-17-6-7-17/h3-5,8-9,13,16-17,21,23,27,33,36H,6-7,10-12,14-15H2,1-2H3,(H,31,35)/t21?,23-,27+,29+,30-/m1/s1. The molecular formula is C30H34N2O6. The fourth-order valence-corrected chi connectivity index (χ4v) is 7.67. The molecule has 2 aliphatic heterocycles. The van der Waals surface area contributed by atoms with Crippen molar-refractivity contribution in [2.45, 2.75) is 75.2 Å². The minimum Gasteiger partial charge on any atom is -0.504 e. The summed E-state index contributed by atoms with van der Waals surface area (Å²) in [4.78, 5) is 30.0. The van der Waals surface area contributed by atoms with Gasteiger partial charge in [-0.15, -0.1) is 0 Å². The lowest BCUT2D eigenvalue weighted by molar-refractivity contribution is -0.197. The zero-order chi connectivity index (χ0) is 26.4. The van der Waals surface area contributed by atoms with E-state index < -0.39 is 28.9 Å². The molecular weight excluding hydrogens is 484 g/mol. The highest BCUT2D eigenvalue weighted by Gasteiger charge is 2.75. The van der Waals surface area contributed by atoms with Gasteiger partial charge in [-0.05, 0) is 82.2 Å². The molecule has 1 amide bonds. The number of ketones is 1. The lowest BCUT2D eigenvalue weighted by Crippen LogP contribution is -2.78. The van der Waals surface area contributed by atoms with Crippen molar-refractivity contribution in [2.24, 2.45) is 11.8 Å². The molecule has 2 aromatic rings. The Morgan fingerprint density at radius 2 is 2.08 bits per heavy atom. The molecule has 8 heteroatoms. The van der Waals surface area contributed by atoms with Crippen molar-refractivity contribution in [1.29, 1.82) is 0 Å². The van der Waals surface area contributed by atoms with Gasteiger partial charge in [0, 0.05) is 29.9 Å². The third-order valence-corrected chi connectivity index (χ3v) is 9.42. The third-order valence-electron chi connectivity index (χ3n) is 9.42. The molecule has 200 valence electrons. The number of piperidine rings is 1. The summed E-state index contributed by atoms with van der Waals surface area (Å²) >= 11 is 0. The molecule has 2 heterocycles. The molecule has 1 spiro atoms. The smallest absolute Gasteiger partial charge is 0.235 e. The van der Waals surface area contributed by atoms with Crippen LogP contribution in [-0.2, 0) is 21.4 Å². The topological polar surface area (TPSA) is 108 Å². The minimum absolute atomic E-state index is 0.0157. The molecule has 1 unspecified atom stereocenters. The van der Waals surface area contributed by atoms with E-state index in [0.29, 0.717) is 35.9 Å². The number of aromatic hydroxyl groups is 1. The largest absolute Gasteiger partial charge is 0.504 e. The second-order valence-corrected chi connectivity index (χ2v) is 12.1.